The molecule has 0 aliphatic carbocycles. The van der Waals surface area contributed by atoms with Gasteiger partial charge in [-0.25, -0.2) is 0 Å². The van der Waals surface area contributed by atoms with Crippen LogP contribution < -0.4 is 0 Å². The lowest BCUT2D eigenvalue weighted by atomic mass is 9.80. The topological polar surface area (TPSA) is 75.7 Å². The van der Waals surface area contributed by atoms with Crippen molar-refractivity contribution >= 4 is 5.97 Å². The molecule has 8 nitrogen and oxygen atoms in total. The Labute approximate surface area is 302 Å². The van der Waals surface area contributed by atoms with E-state index in [4.69, 9.17) is 28.4 Å². The predicted octanol–water partition coefficient (Wildman–Crippen LogP) is 9.31. The minimum atomic E-state index is -0.439. The summed E-state index contributed by atoms with van der Waals surface area (Å²) in [6, 6.07) is 0. The molecule has 290 valence electrons. The molecule has 0 N–H and O–H groups in total. The van der Waals surface area contributed by atoms with Crippen molar-refractivity contribution in [2.75, 3.05) is 73.0 Å². The average Bonchev–Trinajstić information content (AvgIpc) is 3.49. The van der Waals surface area contributed by atoms with Crippen molar-refractivity contribution in [2.45, 2.75) is 180 Å². The van der Waals surface area contributed by atoms with Gasteiger partial charge in [0.2, 0.25) is 0 Å². The number of piperidine rings is 1. The number of hydrogen-bond donors (Lipinski definition) is 0. The van der Waals surface area contributed by atoms with Gasteiger partial charge in [0, 0.05) is 13.2 Å². The molecule has 0 aromatic heterocycles. The van der Waals surface area contributed by atoms with Crippen molar-refractivity contribution in [3.8, 4) is 0 Å². The Morgan fingerprint density at radius 3 is 1.57 bits per heavy atom. The first-order chi connectivity index (χ1) is 24.0. The summed E-state index contributed by atoms with van der Waals surface area (Å²) in [6.07, 6.45) is 27.2. The summed E-state index contributed by atoms with van der Waals surface area (Å²) < 4.78 is 36.2. The molecule has 0 bridgehead atoms. The molecule has 2 fully saturated rings. The number of carbonyl (C=O) groups is 1. The molecule has 0 radical (unpaired) electrons. The second kappa shape index (κ2) is 29.8. The number of ether oxygens (including phenoxy) is 6. The van der Waals surface area contributed by atoms with Gasteiger partial charge in [-0.1, -0.05) is 129 Å². The van der Waals surface area contributed by atoms with Crippen molar-refractivity contribution in [2.24, 2.45) is 5.41 Å². The molecule has 0 saturated carbocycles. The van der Waals surface area contributed by atoms with Crippen LogP contribution in [0.1, 0.15) is 162 Å². The number of rotatable bonds is 33. The Morgan fingerprint density at radius 2 is 1.08 bits per heavy atom. The van der Waals surface area contributed by atoms with E-state index in [9.17, 15) is 4.79 Å². The molecule has 2 saturated heterocycles. The van der Waals surface area contributed by atoms with Gasteiger partial charge >= 0.3 is 5.97 Å². The van der Waals surface area contributed by atoms with E-state index in [1.54, 1.807) is 0 Å². The van der Waals surface area contributed by atoms with Gasteiger partial charge in [0.05, 0.1) is 38.4 Å². The molecule has 2 aliphatic rings. The molecule has 2 aliphatic heterocycles. The van der Waals surface area contributed by atoms with Gasteiger partial charge in [-0.05, 0) is 52.7 Å². The van der Waals surface area contributed by atoms with E-state index in [2.05, 4.69) is 25.8 Å². The van der Waals surface area contributed by atoms with Gasteiger partial charge in [-0.2, -0.15) is 0 Å². The summed E-state index contributed by atoms with van der Waals surface area (Å²) in [5.41, 5.74) is -0.439. The zero-order valence-corrected chi connectivity index (χ0v) is 32.7. The molecular formula is C41H79NO7. The van der Waals surface area contributed by atoms with E-state index < -0.39 is 5.41 Å². The molecule has 49 heavy (non-hydrogen) atoms. The number of carbonyl (C=O) groups excluding carboxylic acids is 1. The third-order valence-electron chi connectivity index (χ3n) is 10.6. The van der Waals surface area contributed by atoms with E-state index in [-0.39, 0.29) is 30.9 Å². The summed E-state index contributed by atoms with van der Waals surface area (Å²) in [5, 5.41) is 0. The lowest BCUT2D eigenvalue weighted by Gasteiger charge is -2.36. The fourth-order valence-corrected chi connectivity index (χ4v) is 6.89. The summed E-state index contributed by atoms with van der Waals surface area (Å²) in [6.45, 7) is 12.6. The quantitative estimate of drug-likeness (QED) is 0.0496. The molecule has 2 rings (SSSR count). The van der Waals surface area contributed by atoms with E-state index in [1.165, 1.54) is 116 Å². The maximum absolute atomic E-state index is 13.1. The van der Waals surface area contributed by atoms with E-state index in [0.29, 0.717) is 33.0 Å². The maximum atomic E-state index is 13.1. The monoisotopic (exact) mass is 698 g/mol. The second-order valence-corrected chi connectivity index (χ2v) is 15.2. The van der Waals surface area contributed by atoms with Crippen molar-refractivity contribution in [3.05, 3.63) is 0 Å². The Kier molecular flexibility index (Phi) is 27.0. The zero-order chi connectivity index (χ0) is 35.3. The molecule has 3 atom stereocenters. The number of unbranched alkanes of at least 4 members (excludes halogenated alkanes) is 18. The maximum Gasteiger partial charge on any atom is 0.311 e. The number of likely N-dealkylation sites (tertiary alicyclic amines) is 1. The van der Waals surface area contributed by atoms with Gasteiger partial charge in [-0.15, -0.1) is 0 Å². The number of hydrogen-bond acceptors (Lipinski definition) is 8. The fourth-order valence-electron chi connectivity index (χ4n) is 6.89. The molecule has 0 amide bonds. The Bertz CT molecular complexity index is 760. The van der Waals surface area contributed by atoms with Crippen LogP contribution >= 0.6 is 0 Å². The molecule has 2 heterocycles. The second-order valence-electron chi connectivity index (χ2n) is 15.2. The van der Waals surface area contributed by atoms with Gasteiger partial charge in [-0.3, -0.25) is 4.79 Å². The predicted molar refractivity (Wildman–Crippen MR) is 200 cm³/mol. The van der Waals surface area contributed by atoms with Crippen molar-refractivity contribution in [1.29, 1.82) is 0 Å². The molecule has 0 aromatic rings. The Morgan fingerprint density at radius 1 is 0.633 bits per heavy atom. The van der Waals surface area contributed by atoms with Crippen LogP contribution in [0.15, 0.2) is 0 Å². The first kappa shape index (κ1) is 44.4. The van der Waals surface area contributed by atoms with Gasteiger partial charge in [0.15, 0.2) is 0 Å². The van der Waals surface area contributed by atoms with Crippen molar-refractivity contribution < 1.29 is 33.2 Å². The van der Waals surface area contributed by atoms with E-state index in [1.807, 2.05) is 6.92 Å². The highest BCUT2D eigenvalue weighted by Crippen LogP contribution is 2.32. The standard InChI is InChI=1S/C41H79NO7/c1-5-7-9-11-13-15-17-19-21-23-29-44-31-33-46-37-35-48-38(36-49-40(43)41(3)25-27-42(4)28-26-41)39(37)47-34-32-45-30-24-22-20-18-16-14-12-10-8-6-2/h37-39H,5-36H2,1-4H3/t37?,38-,39-/m1/s1. The highest BCUT2D eigenvalue weighted by molar-refractivity contribution is 5.76. The summed E-state index contributed by atoms with van der Waals surface area (Å²) >= 11 is 0. The fraction of sp³-hybridized carbons (Fsp3) is 0.976. The minimum absolute atomic E-state index is 0.132. The molecular weight excluding hydrogens is 618 g/mol. The van der Waals surface area contributed by atoms with Crippen molar-refractivity contribution in [1.82, 2.24) is 4.90 Å². The molecule has 8 heteroatoms. The number of nitrogens with zero attached hydrogens (tertiary/aromatic N) is 1. The van der Waals surface area contributed by atoms with Gasteiger partial charge in [0.25, 0.3) is 0 Å². The normalized spacial score (nSPS) is 21.0. The summed E-state index contributed by atoms with van der Waals surface area (Å²) in [4.78, 5) is 15.3. The van der Waals surface area contributed by atoms with Crippen LogP contribution in [0.2, 0.25) is 0 Å². The van der Waals surface area contributed by atoms with Crippen LogP contribution in [0.5, 0.6) is 0 Å². The van der Waals surface area contributed by atoms with Crippen LogP contribution in [-0.4, -0.2) is 102 Å². The van der Waals surface area contributed by atoms with Crippen LogP contribution in [0, 0.1) is 5.41 Å². The lowest BCUT2D eigenvalue weighted by Crippen LogP contribution is -2.44. The molecule has 1 unspecified atom stereocenters. The Balaban J connectivity index is 1.62. The van der Waals surface area contributed by atoms with Crippen LogP contribution in [0.25, 0.3) is 0 Å². The third-order valence-corrected chi connectivity index (χ3v) is 10.6. The largest absolute Gasteiger partial charge is 0.462 e. The zero-order valence-electron chi connectivity index (χ0n) is 32.7. The van der Waals surface area contributed by atoms with Crippen LogP contribution in [-0.2, 0) is 33.2 Å². The van der Waals surface area contributed by atoms with Crippen LogP contribution in [0.3, 0.4) is 0 Å². The number of esters is 1. The van der Waals surface area contributed by atoms with Crippen LogP contribution in [0.4, 0.5) is 0 Å². The highest BCUT2D eigenvalue weighted by atomic mass is 16.6. The first-order valence-corrected chi connectivity index (χ1v) is 20.9. The SMILES string of the molecule is CCCCCCCCCCCCOCCOC1CO[C@H](COC(=O)C2(C)CCN(C)CC2)[C@@H]1OCCOCCCCCCCCCCCC. The highest BCUT2D eigenvalue weighted by Gasteiger charge is 2.42. The lowest BCUT2D eigenvalue weighted by molar-refractivity contribution is -0.163. The smallest absolute Gasteiger partial charge is 0.311 e. The molecule has 0 aromatic carbocycles. The summed E-state index contributed by atoms with van der Waals surface area (Å²) in [5.74, 6) is -0.132. The van der Waals surface area contributed by atoms with Gasteiger partial charge in [0.1, 0.15) is 24.9 Å². The van der Waals surface area contributed by atoms with E-state index >= 15 is 0 Å². The third kappa shape index (κ3) is 21.4. The first-order valence-electron chi connectivity index (χ1n) is 20.9. The average molecular weight is 698 g/mol. The molecule has 0 spiro atoms. The minimum Gasteiger partial charge on any atom is -0.462 e. The Hall–Kier alpha value is -0.770. The summed E-state index contributed by atoms with van der Waals surface area (Å²) in [7, 11) is 2.10. The van der Waals surface area contributed by atoms with Gasteiger partial charge < -0.3 is 33.3 Å². The van der Waals surface area contributed by atoms with Crippen molar-refractivity contribution in [3.63, 3.8) is 0 Å². The van der Waals surface area contributed by atoms with E-state index in [0.717, 1.165) is 52.0 Å².